The molecule has 0 heterocycles. The van der Waals surface area contributed by atoms with Crippen LogP contribution in [-0.4, -0.2) is 11.3 Å². The Bertz CT molecular complexity index is 90.4. The molecule has 0 radical (unpaired) electrons. The van der Waals surface area contributed by atoms with Gasteiger partial charge < -0.3 is 10.4 Å². The Labute approximate surface area is 48.1 Å². The predicted molar refractivity (Wildman–Crippen MR) is 29.5 cm³/mol. The van der Waals surface area contributed by atoms with Crippen LogP contribution in [0.4, 0.5) is 0 Å². The predicted octanol–water partition coefficient (Wildman–Crippen LogP) is 1.02. The minimum Gasteiger partial charge on any atom is -0.734 e. The number of nitrogens with zero attached hydrogens (tertiary/aromatic N) is 1. The summed E-state index contributed by atoms with van der Waals surface area (Å²) >= 11 is 0. The van der Waals surface area contributed by atoms with Crippen LogP contribution in [0.5, 0.6) is 0 Å². The maximum absolute atomic E-state index is 10.2. The van der Waals surface area contributed by atoms with Crippen molar-refractivity contribution in [2.24, 2.45) is 0 Å². The zero-order valence-electron chi connectivity index (χ0n) is 4.54. The first-order valence-corrected chi connectivity index (χ1v) is 2.58. The van der Waals surface area contributed by atoms with Crippen LogP contribution in [0.25, 0.3) is 0 Å². The molecule has 1 fully saturated rings. The summed E-state index contributed by atoms with van der Waals surface area (Å²) in [7, 11) is 0. The second kappa shape index (κ2) is 2.15. The molecule has 0 aromatic rings. The average Bonchev–Trinajstić information content (AvgIpc) is 2.50. The summed E-state index contributed by atoms with van der Waals surface area (Å²) in [6, 6.07) is 0. The van der Waals surface area contributed by atoms with E-state index >= 15 is 0 Å². The van der Waals surface area contributed by atoms with Gasteiger partial charge >= 0.3 is 0 Å². The maximum atomic E-state index is 10.2. The first-order chi connectivity index (χ1) is 3.83. The van der Waals surface area contributed by atoms with Gasteiger partial charge in [-0.2, -0.15) is 0 Å². The van der Waals surface area contributed by atoms with Crippen LogP contribution in [-0.2, 0) is 4.84 Å². The van der Waals surface area contributed by atoms with Gasteiger partial charge in [-0.15, -0.1) is 0 Å². The van der Waals surface area contributed by atoms with Crippen LogP contribution in [0, 0.1) is 5.21 Å². The van der Waals surface area contributed by atoms with Gasteiger partial charge in [-0.3, -0.25) is 4.84 Å². The van der Waals surface area contributed by atoms with E-state index < -0.39 is 0 Å². The molecular weight excluding hydrogens is 106 g/mol. The molecule has 0 atom stereocenters. The monoisotopic (exact) mass is 114 g/mol. The molecular formula is C5H8NO2-. The lowest BCUT2D eigenvalue weighted by molar-refractivity contribution is -0.0928. The van der Waals surface area contributed by atoms with Gasteiger partial charge in [0, 0.05) is 6.20 Å². The average molecular weight is 114 g/mol. The van der Waals surface area contributed by atoms with E-state index in [9.17, 15) is 5.21 Å². The number of hydrogen-bond acceptors (Lipinski definition) is 3. The van der Waals surface area contributed by atoms with Gasteiger partial charge in [0.15, 0.2) is 0 Å². The lowest BCUT2D eigenvalue weighted by Crippen LogP contribution is -2.09. The van der Waals surface area contributed by atoms with Crippen molar-refractivity contribution in [2.75, 3.05) is 0 Å². The zero-order chi connectivity index (χ0) is 5.98. The smallest absolute Gasteiger partial charge is 0.0848 e. The van der Waals surface area contributed by atoms with Crippen molar-refractivity contribution in [2.45, 2.75) is 18.9 Å². The quantitative estimate of drug-likeness (QED) is 0.514. The second-order valence-electron chi connectivity index (χ2n) is 1.77. The molecule has 0 bridgehead atoms. The second-order valence-corrected chi connectivity index (χ2v) is 1.77. The van der Waals surface area contributed by atoms with Gasteiger partial charge in [0.25, 0.3) is 0 Å². The zero-order valence-corrected chi connectivity index (χ0v) is 4.54. The molecule has 0 saturated heterocycles. The summed E-state index contributed by atoms with van der Waals surface area (Å²) in [6.45, 7) is 3.23. The molecule has 0 spiro atoms. The summed E-state index contributed by atoms with van der Waals surface area (Å²) in [6.07, 6.45) is 3.29. The van der Waals surface area contributed by atoms with E-state index in [4.69, 9.17) is 0 Å². The number of hydrogen-bond donors (Lipinski definition) is 0. The van der Waals surface area contributed by atoms with Crippen molar-refractivity contribution in [3.63, 3.8) is 0 Å². The highest BCUT2D eigenvalue weighted by Crippen LogP contribution is 2.24. The summed E-state index contributed by atoms with van der Waals surface area (Å²) in [5.41, 5.74) is 0. The van der Waals surface area contributed by atoms with Gasteiger partial charge in [-0.1, -0.05) is 6.58 Å². The molecule has 1 rings (SSSR count). The van der Waals surface area contributed by atoms with Gasteiger partial charge in [0.1, 0.15) is 0 Å². The third-order valence-electron chi connectivity index (χ3n) is 0.926. The highest BCUT2D eigenvalue weighted by molar-refractivity contribution is 4.74. The summed E-state index contributed by atoms with van der Waals surface area (Å²) in [5, 5.41) is 10.6. The largest absolute Gasteiger partial charge is 0.734 e. The Balaban J connectivity index is 2.06. The SMILES string of the molecule is C=CN([O-])OC1CC1. The molecule has 0 unspecified atom stereocenters. The van der Waals surface area contributed by atoms with E-state index in [-0.39, 0.29) is 6.10 Å². The first-order valence-electron chi connectivity index (χ1n) is 2.58. The molecule has 1 saturated carbocycles. The molecule has 3 nitrogen and oxygen atoms in total. The first kappa shape index (κ1) is 5.59. The molecule has 0 amide bonds. The normalized spacial score (nSPS) is 18.1. The molecule has 46 valence electrons. The van der Waals surface area contributed by atoms with Crippen LogP contribution >= 0.6 is 0 Å². The van der Waals surface area contributed by atoms with Crippen LogP contribution in [0.2, 0.25) is 0 Å². The number of hydroxylamine groups is 2. The minimum atomic E-state index is 0.172. The maximum Gasteiger partial charge on any atom is 0.0848 e. The third kappa shape index (κ3) is 1.52. The van der Waals surface area contributed by atoms with E-state index in [0.717, 1.165) is 19.0 Å². The molecule has 1 aliphatic carbocycles. The van der Waals surface area contributed by atoms with Crippen LogP contribution < -0.4 is 0 Å². The lowest BCUT2D eigenvalue weighted by atomic mass is 10.9. The fourth-order valence-corrected chi connectivity index (χ4v) is 0.363. The standard InChI is InChI=1S/C5H8NO2/c1-2-6(7)8-5-3-4-5/h2,5H,1,3-4H2/q-1. The molecule has 1 aliphatic rings. The fourth-order valence-electron chi connectivity index (χ4n) is 0.363. The topological polar surface area (TPSA) is 35.5 Å². The van der Waals surface area contributed by atoms with Crippen LogP contribution in [0.3, 0.4) is 0 Å². The van der Waals surface area contributed by atoms with E-state index in [0.29, 0.717) is 5.23 Å². The Morgan fingerprint density at radius 1 is 1.75 bits per heavy atom. The molecule has 0 aliphatic heterocycles. The molecule has 0 N–H and O–H groups in total. The Kier molecular flexibility index (Phi) is 1.50. The Morgan fingerprint density at radius 2 is 2.38 bits per heavy atom. The Morgan fingerprint density at radius 3 is 2.75 bits per heavy atom. The molecule has 8 heavy (non-hydrogen) atoms. The summed E-state index contributed by atoms with van der Waals surface area (Å²) < 4.78 is 0. The van der Waals surface area contributed by atoms with Crippen LogP contribution in [0.1, 0.15) is 12.8 Å². The highest BCUT2D eigenvalue weighted by Gasteiger charge is 2.22. The number of rotatable bonds is 3. The van der Waals surface area contributed by atoms with Crippen molar-refractivity contribution in [1.82, 2.24) is 5.23 Å². The van der Waals surface area contributed by atoms with E-state index in [1.165, 1.54) is 0 Å². The molecule has 3 heteroatoms. The fraction of sp³-hybridized carbons (Fsp3) is 0.600. The van der Waals surface area contributed by atoms with Crippen molar-refractivity contribution in [3.05, 3.63) is 18.0 Å². The van der Waals surface area contributed by atoms with Crippen molar-refractivity contribution in [3.8, 4) is 0 Å². The van der Waals surface area contributed by atoms with Crippen molar-refractivity contribution in [1.29, 1.82) is 0 Å². The lowest BCUT2D eigenvalue weighted by Gasteiger charge is -2.23. The van der Waals surface area contributed by atoms with Crippen LogP contribution in [0.15, 0.2) is 12.8 Å². The molecule has 0 aromatic heterocycles. The van der Waals surface area contributed by atoms with E-state index in [2.05, 4.69) is 11.4 Å². The summed E-state index contributed by atoms with van der Waals surface area (Å²) in [5.74, 6) is 0. The summed E-state index contributed by atoms with van der Waals surface area (Å²) in [4.78, 5) is 4.67. The van der Waals surface area contributed by atoms with Gasteiger partial charge in [-0.05, 0) is 12.8 Å². The van der Waals surface area contributed by atoms with Crippen molar-refractivity contribution < 1.29 is 4.84 Å². The Hall–Kier alpha value is -0.540. The van der Waals surface area contributed by atoms with Crippen molar-refractivity contribution >= 4 is 0 Å². The van der Waals surface area contributed by atoms with E-state index in [1.807, 2.05) is 0 Å². The third-order valence-corrected chi connectivity index (χ3v) is 0.926. The minimum absolute atomic E-state index is 0.172. The van der Waals surface area contributed by atoms with Gasteiger partial charge in [-0.25, -0.2) is 0 Å². The van der Waals surface area contributed by atoms with Gasteiger partial charge in [0.05, 0.1) is 6.10 Å². The van der Waals surface area contributed by atoms with Gasteiger partial charge in [0.2, 0.25) is 0 Å². The highest BCUT2D eigenvalue weighted by atomic mass is 16.9. The molecule has 0 aromatic carbocycles. The van der Waals surface area contributed by atoms with E-state index in [1.54, 1.807) is 0 Å².